The molecule has 0 spiro atoms. The fourth-order valence-corrected chi connectivity index (χ4v) is 5.18. The molecule has 0 aromatic heterocycles. The number of carbonyl (C=O) groups is 3. The number of methoxy groups -OCH3 is 3. The minimum atomic E-state index is -4.60. The molecule has 0 bridgehead atoms. The van der Waals surface area contributed by atoms with Crippen molar-refractivity contribution >= 4 is 58.5 Å². The molecule has 3 amide bonds. The lowest BCUT2D eigenvalue weighted by Gasteiger charge is -2.15. The summed E-state index contributed by atoms with van der Waals surface area (Å²) in [5, 5.41) is 7.76. The van der Waals surface area contributed by atoms with E-state index < -0.39 is 29.5 Å². The molecule has 0 unspecified atom stereocenters. The van der Waals surface area contributed by atoms with Gasteiger partial charge in [-0.2, -0.15) is 13.2 Å². The predicted octanol–water partition coefficient (Wildman–Crippen LogP) is 7.53. The number of carbonyl (C=O) groups excluding carboxylic acids is 3. The largest absolute Gasteiger partial charge is 0.496 e. The Kier molecular flexibility index (Phi) is 12.0. The summed E-state index contributed by atoms with van der Waals surface area (Å²) < 4.78 is 55.5. The Morgan fingerprint density at radius 3 is 2.17 bits per heavy atom. The summed E-state index contributed by atoms with van der Waals surface area (Å²) in [5.41, 5.74) is -0.170. The van der Waals surface area contributed by atoms with E-state index >= 15 is 0 Å². The van der Waals surface area contributed by atoms with Crippen LogP contribution in [0.1, 0.15) is 21.5 Å². The molecular formula is C34H29ClF3N3O6S. The summed E-state index contributed by atoms with van der Waals surface area (Å²) in [7, 11) is 4.37. The average molecular weight is 700 g/mol. The minimum absolute atomic E-state index is 0.0417. The lowest BCUT2D eigenvalue weighted by molar-refractivity contribution is -0.137. The molecule has 0 aliphatic carbocycles. The third-order valence-electron chi connectivity index (χ3n) is 6.59. The highest BCUT2D eigenvalue weighted by atomic mass is 35.5. The molecule has 4 aromatic rings. The lowest BCUT2D eigenvalue weighted by atomic mass is 10.1. The molecule has 0 aliphatic rings. The van der Waals surface area contributed by atoms with Gasteiger partial charge in [0.15, 0.2) is 11.5 Å². The molecule has 250 valence electrons. The summed E-state index contributed by atoms with van der Waals surface area (Å²) in [5.74, 6) is -0.859. The van der Waals surface area contributed by atoms with Gasteiger partial charge in [-0.1, -0.05) is 35.9 Å². The summed E-state index contributed by atoms with van der Waals surface area (Å²) in [6.45, 7) is 0. The van der Waals surface area contributed by atoms with Crippen molar-refractivity contribution in [1.82, 2.24) is 5.32 Å². The van der Waals surface area contributed by atoms with E-state index in [1.54, 1.807) is 66.7 Å². The number of thioether (sulfide) groups is 1. The molecule has 0 radical (unpaired) electrons. The number of anilines is 2. The van der Waals surface area contributed by atoms with E-state index in [9.17, 15) is 27.6 Å². The van der Waals surface area contributed by atoms with Crippen molar-refractivity contribution in [2.45, 2.75) is 11.1 Å². The van der Waals surface area contributed by atoms with Gasteiger partial charge in [0.25, 0.3) is 11.8 Å². The van der Waals surface area contributed by atoms with E-state index in [0.29, 0.717) is 39.0 Å². The molecular weight excluding hydrogens is 671 g/mol. The number of halogens is 4. The van der Waals surface area contributed by atoms with Gasteiger partial charge < -0.3 is 30.2 Å². The number of nitrogens with one attached hydrogen (secondary N) is 3. The zero-order chi connectivity index (χ0) is 34.8. The van der Waals surface area contributed by atoms with Gasteiger partial charge in [0.1, 0.15) is 11.4 Å². The fraction of sp³-hybridized carbons (Fsp3) is 0.147. The van der Waals surface area contributed by atoms with Gasteiger partial charge in [-0.3, -0.25) is 14.4 Å². The van der Waals surface area contributed by atoms with Crippen LogP contribution in [0.5, 0.6) is 17.2 Å². The first-order chi connectivity index (χ1) is 22.9. The van der Waals surface area contributed by atoms with E-state index in [1.807, 2.05) is 0 Å². The van der Waals surface area contributed by atoms with Crippen LogP contribution in [0.4, 0.5) is 24.5 Å². The van der Waals surface area contributed by atoms with Crippen molar-refractivity contribution in [3.05, 3.63) is 112 Å². The Hall–Kier alpha value is -5.14. The van der Waals surface area contributed by atoms with Gasteiger partial charge in [-0.25, -0.2) is 0 Å². The topological polar surface area (TPSA) is 115 Å². The Bertz CT molecular complexity index is 1840. The monoisotopic (exact) mass is 699 g/mol. The maximum Gasteiger partial charge on any atom is 0.416 e. The van der Waals surface area contributed by atoms with Gasteiger partial charge >= 0.3 is 6.18 Å². The third kappa shape index (κ3) is 9.46. The highest BCUT2D eigenvalue weighted by Crippen LogP contribution is 2.36. The van der Waals surface area contributed by atoms with E-state index in [4.69, 9.17) is 25.8 Å². The first kappa shape index (κ1) is 35.7. The zero-order valence-electron chi connectivity index (χ0n) is 25.7. The van der Waals surface area contributed by atoms with Crippen LogP contribution in [0.15, 0.2) is 95.5 Å². The Labute approximate surface area is 283 Å². The molecule has 0 saturated carbocycles. The normalized spacial score (nSPS) is 11.4. The standard InChI is InChI=1S/C34H29ClF3N3O6S/c1-45-28-18-30(47-3)29(46-2)15-21(28)14-27(41-32(43)20-8-5-4-6-9-20)33(44)39-23-10-7-11-24(17-23)48-19-31(42)40-26-16-22(34(36,37)38)12-13-25(26)35/h4-18H,19H2,1-3H3,(H,39,44)(H,40,42)(H,41,43)/b27-14+. The second kappa shape index (κ2) is 16.1. The van der Waals surface area contributed by atoms with E-state index in [2.05, 4.69) is 16.0 Å². The molecule has 0 heterocycles. The van der Waals surface area contributed by atoms with Crippen molar-refractivity contribution in [2.75, 3.05) is 37.7 Å². The van der Waals surface area contributed by atoms with Crippen molar-refractivity contribution in [2.24, 2.45) is 0 Å². The van der Waals surface area contributed by atoms with Crippen LogP contribution in [0.3, 0.4) is 0 Å². The number of alkyl halides is 3. The number of hydrogen-bond donors (Lipinski definition) is 3. The van der Waals surface area contributed by atoms with Crippen LogP contribution in [-0.4, -0.2) is 44.8 Å². The number of rotatable bonds is 12. The van der Waals surface area contributed by atoms with Crippen LogP contribution in [0, 0.1) is 0 Å². The second-order valence-electron chi connectivity index (χ2n) is 9.84. The Morgan fingerprint density at radius 2 is 1.50 bits per heavy atom. The minimum Gasteiger partial charge on any atom is -0.496 e. The van der Waals surface area contributed by atoms with E-state index in [-0.39, 0.29) is 22.2 Å². The smallest absolute Gasteiger partial charge is 0.416 e. The number of ether oxygens (including phenoxy) is 3. The van der Waals surface area contributed by atoms with Gasteiger partial charge in [-0.15, -0.1) is 11.8 Å². The number of benzene rings is 4. The van der Waals surface area contributed by atoms with E-state index in [0.717, 1.165) is 30.0 Å². The average Bonchev–Trinajstić information content (AvgIpc) is 3.07. The summed E-state index contributed by atoms with van der Waals surface area (Å²) >= 11 is 7.07. The van der Waals surface area contributed by atoms with E-state index in [1.165, 1.54) is 27.4 Å². The molecule has 48 heavy (non-hydrogen) atoms. The molecule has 9 nitrogen and oxygen atoms in total. The predicted molar refractivity (Wildman–Crippen MR) is 179 cm³/mol. The van der Waals surface area contributed by atoms with Gasteiger partial charge in [0.05, 0.1) is 43.4 Å². The van der Waals surface area contributed by atoms with Gasteiger partial charge in [0, 0.05) is 27.8 Å². The van der Waals surface area contributed by atoms with Gasteiger partial charge in [-0.05, 0) is 60.7 Å². The summed E-state index contributed by atoms with van der Waals surface area (Å²) in [6, 6.07) is 20.7. The third-order valence-corrected chi connectivity index (χ3v) is 7.92. The second-order valence-corrected chi connectivity index (χ2v) is 11.3. The molecule has 0 aliphatic heterocycles. The highest BCUT2D eigenvalue weighted by molar-refractivity contribution is 8.00. The highest BCUT2D eigenvalue weighted by Gasteiger charge is 2.31. The van der Waals surface area contributed by atoms with Crippen molar-refractivity contribution in [3.63, 3.8) is 0 Å². The Balaban J connectivity index is 1.53. The zero-order valence-corrected chi connectivity index (χ0v) is 27.3. The summed E-state index contributed by atoms with van der Waals surface area (Å²) in [6.07, 6.45) is -3.17. The first-order valence-corrected chi connectivity index (χ1v) is 15.4. The molecule has 4 aromatic carbocycles. The van der Waals surface area contributed by atoms with Gasteiger partial charge in [0.2, 0.25) is 5.91 Å². The quantitative estimate of drug-likeness (QED) is 0.104. The molecule has 0 fully saturated rings. The summed E-state index contributed by atoms with van der Waals surface area (Å²) in [4.78, 5) is 39.8. The Morgan fingerprint density at radius 1 is 0.812 bits per heavy atom. The molecule has 14 heteroatoms. The van der Waals surface area contributed by atoms with Crippen molar-refractivity contribution in [3.8, 4) is 17.2 Å². The van der Waals surface area contributed by atoms with Crippen LogP contribution >= 0.6 is 23.4 Å². The maximum atomic E-state index is 13.6. The SMILES string of the molecule is COc1cc(OC)c(OC)cc1/C=C(/NC(=O)c1ccccc1)C(=O)Nc1cccc(SCC(=O)Nc2cc(C(F)(F)F)ccc2Cl)c1. The lowest BCUT2D eigenvalue weighted by Crippen LogP contribution is -2.30. The molecule has 0 saturated heterocycles. The molecule has 0 atom stereocenters. The fourth-order valence-electron chi connectivity index (χ4n) is 4.26. The molecule has 4 rings (SSSR count). The maximum absolute atomic E-state index is 13.6. The van der Waals surface area contributed by atoms with Crippen LogP contribution in [0.25, 0.3) is 6.08 Å². The number of amides is 3. The van der Waals surface area contributed by atoms with Crippen LogP contribution in [-0.2, 0) is 15.8 Å². The van der Waals surface area contributed by atoms with Crippen LogP contribution in [0.2, 0.25) is 5.02 Å². The first-order valence-electron chi connectivity index (χ1n) is 14.0. The van der Waals surface area contributed by atoms with Crippen molar-refractivity contribution < 1.29 is 41.8 Å². The molecule has 3 N–H and O–H groups in total. The van der Waals surface area contributed by atoms with Crippen molar-refractivity contribution in [1.29, 1.82) is 0 Å². The number of hydrogen-bond acceptors (Lipinski definition) is 7. The van der Waals surface area contributed by atoms with Crippen LogP contribution < -0.4 is 30.2 Å².